The molecule has 1 aromatic rings. The summed E-state index contributed by atoms with van der Waals surface area (Å²) in [6, 6.07) is 10.1. The van der Waals surface area contributed by atoms with E-state index in [1.165, 1.54) is 5.56 Å². The van der Waals surface area contributed by atoms with E-state index < -0.39 is 12.1 Å². The Hall–Kier alpha value is -1.77. The summed E-state index contributed by atoms with van der Waals surface area (Å²) in [6.07, 6.45) is 3.20. The van der Waals surface area contributed by atoms with Crippen molar-refractivity contribution in [2.24, 2.45) is 0 Å². The predicted molar refractivity (Wildman–Crippen MR) is 60.0 cm³/mol. The standard InChI is InChI=1S/C13H14O3/c14-11-9-13(15)16-12(11)8-4-7-10-5-2-1-3-6-10/h1-3,5-6,9,12,14H,4,7-8H2. The lowest BCUT2D eigenvalue weighted by Crippen LogP contribution is -2.11. The van der Waals surface area contributed by atoms with Crippen LogP contribution >= 0.6 is 0 Å². The van der Waals surface area contributed by atoms with Gasteiger partial charge in [-0.3, -0.25) is 0 Å². The third kappa shape index (κ3) is 2.63. The summed E-state index contributed by atoms with van der Waals surface area (Å²) in [5.74, 6) is -0.389. The van der Waals surface area contributed by atoms with Crippen LogP contribution in [0.25, 0.3) is 0 Å². The van der Waals surface area contributed by atoms with Crippen LogP contribution in [0, 0.1) is 0 Å². The molecule has 1 unspecified atom stereocenters. The van der Waals surface area contributed by atoms with Crippen molar-refractivity contribution in [3.05, 3.63) is 47.7 Å². The zero-order chi connectivity index (χ0) is 11.4. The predicted octanol–water partition coefficient (Wildman–Crippen LogP) is 2.38. The van der Waals surface area contributed by atoms with Gasteiger partial charge in [0, 0.05) is 0 Å². The van der Waals surface area contributed by atoms with Crippen LogP contribution in [0.5, 0.6) is 0 Å². The Bertz CT molecular complexity index is 395. The summed E-state index contributed by atoms with van der Waals surface area (Å²) in [6.45, 7) is 0. The van der Waals surface area contributed by atoms with Crippen molar-refractivity contribution in [3.8, 4) is 0 Å². The van der Waals surface area contributed by atoms with E-state index in [-0.39, 0.29) is 5.76 Å². The van der Waals surface area contributed by atoms with Crippen molar-refractivity contribution >= 4 is 5.97 Å². The minimum Gasteiger partial charge on any atom is -0.508 e. The number of carbonyl (C=O) groups is 1. The number of carbonyl (C=O) groups excluding carboxylic acids is 1. The minimum absolute atomic E-state index is 0.0538. The summed E-state index contributed by atoms with van der Waals surface area (Å²) in [5, 5.41) is 9.37. The Labute approximate surface area is 94.4 Å². The van der Waals surface area contributed by atoms with E-state index in [1.54, 1.807) is 0 Å². The lowest BCUT2D eigenvalue weighted by molar-refractivity contribution is -0.139. The monoisotopic (exact) mass is 218 g/mol. The maximum atomic E-state index is 10.8. The summed E-state index contributed by atoms with van der Waals surface area (Å²) in [7, 11) is 0. The lowest BCUT2D eigenvalue weighted by atomic mass is 10.1. The number of hydrogen-bond donors (Lipinski definition) is 1. The van der Waals surface area contributed by atoms with Crippen molar-refractivity contribution < 1.29 is 14.6 Å². The van der Waals surface area contributed by atoms with Crippen LogP contribution in [0.3, 0.4) is 0 Å². The molecular weight excluding hydrogens is 204 g/mol. The van der Waals surface area contributed by atoms with Crippen LogP contribution in [0.4, 0.5) is 0 Å². The molecule has 0 saturated carbocycles. The molecule has 1 aliphatic heterocycles. The van der Waals surface area contributed by atoms with Gasteiger partial charge >= 0.3 is 5.97 Å². The summed E-state index contributed by atoms with van der Waals surface area (Å²) >= 11 is 0. The van der Waals surface area contributed by atoms with Crippen LogP contribution in [0.1, 0.15) is 18.4 Å². The van der Waals surface area contributed by atoms with Crippen molar-refractivity contribution in [2.45, 2.75) is 25.4 Å². The van der Waals surface area contributed by atoms with Crippen molar-refractivity contribution in [3.63, 3.8) is 0 Å². The number of aliphatic hydroxyl groups is 1. The minimum atomic E-state index is -0.442. The molecule has 0 aromatic heterocycles. The first-order valence-electron chi connectivity index (χ1n) is 5.41. The SMILES string of the molecule is O=C1C=C(O)C(CCCc2ccccc2)O1. The van der Waals surface area contributed by atoms with E-state index in [2.05, 4.69) is 12.1 Å². The molecule has 0 saturated heterocycles. The highest BCUT2D eigenvalue weighted by atomic mass is 16.6. The topological polar surface area (TPSA) is 46.5 Å². The number of esters is 1. The fourth-order valence-electron chi connectivity index (χ4n) is 1.79. The molecule has 2 rings (SSSR count). The first kappa shape index (κ1) is 10.7. The van der Waals surface area contributed by atoms with Gasteiger partial charge in [0.05, 0.1) is 6.08 Å². The largest absolute Gasteiger partial charge is 0.508 e. The van der Waals surface area contributed by atoms with Crippen molar-refractivity contribution in [1.82, 2.24) is 0 Å². The van der Waals surface area contributed by atoms with Gasteiger partial charge < -0.3 is 9.84 Å². The Balaban J connectivity index is 1.77. The van der Waals surface area contributed by atoms with Gasteiger partial charge in [-0.05, 0) is 24.8 Å². The van der Waals surface area contributed by atoms with Gasteiger partial charge in [-0.15, -0.1) is 0 Å². The Morgan fingerprint density at radius 1 is 1.25 bits per heavy atom. The first-order chi connectivity index (χ1) is 7.75. The third-order valence-electron chi connectivity index (χ3n) is 2.63. The molecule has 84 valence electrons. The van der Waals surface area contributed by atoms with E-state index in [0.29, 0.717) is 6.42 Å². The normalized spacial score (nSPS) is 19.4. The zero-order valence-electron chi connectivity index (χ0n) is 8.93. The fourth-order valence-corrected chi connectivity index (χ4v) is 1.79. The Morgan fingerprint density at radius 2 is 2.00 bits per heavy atom. The number of rotatable bonds is 4. The highest BCUT2D eigenvalue weighted by molar-refractivity contribution is 5.85. The molecule has 0 fully saturated rings. The van der Waals surface area contributed by atoms with E-state index in [4.69, 9.17) is 4.74 Å². The molecule has 3 nitrogen and oxygen atoms in total. The van der Waals surface area contributed by atoms with Crippen LogP contribution < -0.4 is 0 Å². The molecule has 1 aromatic carbocycles. The maximum absolute atomic E-state index is 10.8. The summed E-state index contributed by atoms with van der Waals surface area (Å²) < 4.78 is 4.93. The first-order valence-corrected chi connectivity index (χ1v) is 5.41. The molecule has 0 amide bonds. The number of aryl methyl sites for hydroxylation is 1. The second-order valence-corrected chi connectivity index (χ2v) is 3.87. The van der Waals surface area contributed by atoms with Gasteiger partial charge in [-0.2, -0.15) is 0 Å². The van der Waals surface area contributed by atoms with Gasteiger partial charge in [0.2, 0.25) is 0 Å². The molecule has 0 aliphatic carbocycles. The fraction of sp³-hybridized carbons (Fsp3) is 0.308. The summed E-state index contributed by atoms with van der Waals surface area (Å²) in [4.78, 5) is 10.8. The molecule has 0 bridgehead atoms. The third-order valence-corrected chi connectivity index (χ3v) is 2.63. The van der Waals surface area contributed by atoms with Gasteiger partial charge in [0.25, 0.3) is 0 Å². The zero-order valence-corrected chi connectivity index (χ0v) is 8.93. The lowest BCUT2D eigenvalue weighted by Gasteiger charge is -2.09. The molecule has 1 heterocycles. The van der Waals surface area contributed by atoms with Crippen LogP contribution in [0.15, 0.2) is 42.2 Å². The molecular formula is C13H14O3. The van der Waals surface area contributed by atoms with Gasteiger partial charge in [-0.25, -0.2) is 4.79 Å². The molecule has 1 atom stereocenters. The van der Waals surface area contributed by atoms with E-state index in [0.717, 1.165) is 18.9 Å². The van der Waals surface area contributed by atoms with Gasteiger partial charge in [-0.1, -0.05) is 30.3 Å². The number of cyclic esters (lactones) is 1. The molecule has 1 aliphatic rings. The van der Waals surface area contributed by atoms with Gasteiger partial charge in [0.1, 0.15) is 5.76 Å². The smallest absolute Gasteiger partial charge is 0.335 e. The quantitative estimate of drug-likeness (QED) is 0.789. The number of benzene rings is 1. The average Bonchev–Trinajstić information content (AvgIpc) is 2.59. The molecule has 3 heteroatoms. The Kier molecular flexibility index (Phi) is 3.25. The molecule has 16 heavy (non-hydrogen) atoms. The number of ether oxygens (including phenoxy) is 1. The molecule has 0 radical (unpaired) electrons. The van der Waals surface area contributed by atoms with Crippen LogP contribution in [-0.2, 0) is 16.0 Å². The van der Waals surface area contributed by atoms with E-state index >= 15 is 0 Å². The van der Waals surface area contributed by atoms with Crippen molar-refractivity contribution in [2.75, 3.05) is 0 Å². The molecule has 0 spiro atoms. The highest BCUT2D eigenvalue weighted by Gasteiger charge is 2.24. The summed E-state index contributed by atoms with van der Waals surface area (Å²) in [5.41, 5.74) is 1.26. The maximum Gasteiger partial charge on any atom is 0.335 e. The number of aliphatic hydroxyl groups excluding tert-OH is 1. The second-order valence-electron chi connectivity index (χ2n) is 3.87. The Morgan fingerprint density at radius 3 is 2.62 bits per heavy atom. The highest BCUT2D eigenvalue weighted by Crippen LogP contribution is 2.18. The second kappa shape index (κ2) is 4.84. The van der Waals surface area contributed by atoms with Crippen LogP contribution in [0.2, 0.25) is 0 Å². The van der Waals surface area contributed by atoms with Gasteiger partial charge in [0.15, 0.2) is 6.10 Å². The number of hydrogen-bond acceptors (Lipinski definition) is 3. The molecule has 1 N–H and O–H groups in total. The van der Waals surface area contributed by atoms with Crippen LogP contribution in [-0.4, -0.2) is 17.2 Å². The van der Waals surface area contributed by atoms with Crippen molar-refractivity contribution in [1.29, 1.82) is 0 Å². The van der Waals surface area contributed by atoms with E-state index in [9.17, 15) is 9.90 Å². The average molecular weight is 218 g/mol. The van der Waals surface area contributed by atoms with E-state index in [1.807, 2.05) is 18.2 Å².